The predicted octanol–water partition coefficient (Wildman–Crippen LogP) is 2.08. The first kappa shape index (κ1) is 21.2. The Hall–Kier alpha value is -3.13. The lowest BCUT2D eigenvalue weighted by atomic mass is 9.97. The Balaban J connectivity index is 0.00000280. The van der Waals surface area contributed by atoms with Gasteiger partial charge in [0.1, 0.15) is 5.84 Å². The lowest BCUT2D eigenvalue weighted by Gasteiger charge is -2.25. The lowest BCUT2D eigenvalue weighted by molar-refractivity contribution is -0.140. The molecule has 1 unspecified atom stereocenters. The molecule has 2 heterocycles. The van der Waals surface area contributed by atoms with E-state index < -0.39 is 0 Å². The summed E-state index contributed by atoms with van der Waals surface area (Å²) in [6.45, 7) is 0.719. The fraction of sp³-hybridized carbons (Fsp3) is 0.263. The summed E-state index contributed by atoms with van der Waals surface area (Å²) in [5.41, 5.74) is 8.58. The minimum absolute atomic E-state index is 0. The van der Waals surface area contributed by atoms with E-state index in [4.69, 9.17) is 11.1 Å². The highest BCUT2D eigenvalue weighted by atomic mass is 35.5. The van der Waals surface area contributed by atoms with Crippen LogP contribution in [-0.4, -0.2) is 47.9 Å². The Kier molecular flexibility index (Phi) is 6.94. The lowest BCUT2D eigenvalue weighted by Crippen LogP contribution is -2.32. The predicted molar refractivity (Wildman–Crippen MR) is 107 cm³/mol. The molecule has 8 nitrogen and oxygen atoms in total. The quantitative estimate of drug-likeness (QED) is 0.387. The summed E-state index contributed by atoms with van der Waals surface area (Å²) in [6, 6.07) is 10.8. The van der Waals surface area contributed by atoms with Gasteiger partial charge in [-0.1, -0.05) is 24.3 Å². The van der Waals surface area contributed by atoms with Gasteiger partial charge in [-0.25, -0.2) is 4.79 Å². The molecular formula is C19H22ClN5O3. The SMILES string of the molecule is COC(=O)CCN1C(=O)NCC1c1ccccc1-c1ccc(C(=N)N)cn1.Cl. The summed E-state index contributed by atoms with van der Waals surface area (Å²) in [5.74, 6) is -0.398. The van der Waals surface area contributed by atoms with Gasteiger partial charge in [0, 0.05) is 30.4 Å². The van der Waals surface area contributed by atoms with Gasteiger partial charge in [0.25, 0.3) is 0 Å². The molecule has 4 N–H and O–H groups in total. The van der Waals surface area contributed by atoms with Gasteiger partial charge < -0.3 is 20.7 Å². The maximum atomic E-state index is 12.2. The average Bonchev–Trinajstić information content (AvgIpc) is 3.06. The molecule has 2 amide bonds. The number of esters is 1. The first-order valence-corrected chi connectivity index (χ1v) is 8.52. The molecule has 1 aromatic heterocycles. The highest BCUT2D eigenvalue weighted by molar-refractivity contribution is 5.94. The highest BCUT2D eigenvalue weighted by Crippen LogP contribution is 2.32. The summed E-state index contributed by atoms with van der Waals surface area (Å²) in [4.78, 5) is 29.8. The number of nitrogens with zero attached hydrogens (tertiary/aromatic N) is 2. The number of hydrogen-bond donors (Lipinski definition) is 3. The van der Waals surface area contributed by atoms with Crippen LogP contribution < -0.4 is 11.1 Å². The molecule has 1 saturated heterocycles. The number of hydrogen-bond acceptors (Lipinski definition) is 5. The number of nitrogens with one attached hydrogen (secondary N) is 2. The van der Waals surface area contributed by atoms with E-state index in [1.54, 1.807) is 23.2 Å². The number of amidine groups is 1. The second-order valence-corrected chi connectivity index (χ2v) is 6.15. The Morgan fingerprint density at radius 1 is 1.36 bits per heavy atom. The third kappa shape index (κ3) is 4.40. The molecule has 2 aromatic rings. The molecular weight excluding hydrogens is 382 g/mol. The molecule has 0 spiro atoms. The number of nitrogens with two attached hydrogens (primary N) is 1. The standard InChI is InChI=1S/C19H21N5O3.ClH/c1-27-17(25)8-9-24-16(11-23-19(24)26)14-5-3-2-4-13(14)15-7-6-12(10-22-15)18(20)21;/h2-7,10,16H,8-9,11H2,1H3,(H3,20,21)(H,23,26);1H. The highest BCUT2D eigenvalue weighted by Gasteiger charge is 2.33. The van der Waals surface area contributed by atoms with Crippen LogP contribution in [0.3, 0.4) is 0 Å². The van der Waals surface area contributed by atoms with E-state index in [0.717, 1.165) is 16.8 Å². The van der Waals surface area contributed by atoms with Crippen LogP contribution in [0.1, 0.15) is 23.6 Å². The zero-order chi connectivity index (χ0) is 19.4. The van der Waals surface area contributed by atoms with Crippen molar-refractivity contribution in [2.45, 2.75) is 12.5 Å². The Bertz CT molecular complexity index is 872. The number of benzene rings is 1. The summed E-state index contributed by atoms with van der Waals surface area (Å²) in [6.07, 6.45) is 1.69. The van der Waals surface area contributed by atoms with Gasteiger partial charge in [0.15, 0.2) is 0 Å². The van der Waals surface area contributed by atoms with Crippen molar-refractivity contribution in [3.8, 4) is 11.3 Å². The molecule has 9 heteroatoms. The largest absolute Gasteiger partial charge is 0.469 e. The van der Waals surface area contributed by atoms with E-state index in [1.165, 1.54) is 7.11 Å². The van der Waals surface area contributed by atoms with Crippen molar-refractivity contribution in [1.29, 1.82) is 5.41 Å². The van der Waals surface area contributed by atoms with Crippen LogP contribution in [0.2, 0.25) is 0 Å². The third-order valence-electron chi connectivity index (χ3n) is 4.54. The topological polar surface area (TPSA) is 121 Å². The second-order valence-electron chi connectivity index (χ2n) is 6.15. The van der Waals surface area contributed by atoms with Crippen LogP contribution in [0.4, 0.5) is 4.79 Å². The normalized spacial score (nSPS) is 15.5. The molecule has 0 aliphatic carbocycles. The summed E-state index contributed by atoms with van der Waals surface area (Å²) in [7, 11) is 1.33. The number of nitrogen functional groups attached to an aromatic ring is 1. The smallest absolute Gasteiger partial charge is 0.318 e. The van der Waals surface area contributed by atoms with Gasteiger partial charge in [-0.05, 0) is 17.7 Å². The number of urea groups is 1. The second kappa shape index (κ2) is 9.18. The van der Waals surface area contributed by atoms with Crippen molar-refractivity contribution in [1.82, 2.24) is 15.2 Å². The molecule has 1 aliphatic rings. The van der Waals surface area contributed by atoms with Crippen LogP contribution in [-0.2, 0) is 9.53 Å². The molecule has 1 aromatic carbocycles. The molecule has 148 valence electrons. The van der Waals surface area contributed by atoms with Crippen molar-refractivity contribution < 1.29 is 14.3 Å². The van der Waals surface area contributed by atoms with Crippen molar-refractivity contribution in [3.63, 3.8) is 0 Å². The number of carbonyl (C=O) groups excluding carboxylic acids is 2. The molecule has 3 rings (SSSR count). The van der Waals surface area contributed by atoms with Crippen molar-refractivity contribution in [2.75, 3.05) is 20.2 Å². The van der Waals surface area contributed by atoms with Gasteiger partial charge in [0.05, 0.1) is 25.3 Å². The van der Waals surface area contributed by atoms with E-state index in [0.29, 0.717) is 12.1 Å². The van der Waals surface area contributed by atoms with E-state index in [2.05, 4.69) is 15.0 Å². The van der Waals surface area contributed by atoms with Crippen molar-refractivity contribution in [3.05, 3.63) is 53.7 Å². The Morgan fingerprint density at radius 3 is 2.75 bits per heavy atom. The monoisotopic (exact) mass is 403 g/mol. The van der Waals surface area contributed by atoms with Crippen LogP contribution >= 0.6 is 12.4 Å². The number of halogens is 1. The van der Waals surface area contributed by atoms with Gasteiger partial charge in [-0.2, -0.15) is 0 Å². The van der Waals surface area contributed by atoms with Crippen LogP contribution in [0.25, 0.3) is 11.3 Å². The number of pyridine rings is 1. The number of methoxy groups -OCH3 is 1. The zero-order valence-electron chi connectivity index (χ0n) is 15.3. The average molecular weight is 404 g/mol. The summed E-state index contributed by atoms with van der Waals surface area (Å²) >= 11 is 0. The number of aromatic nitrogens is 1. The fourth-order valence-electron chi connectivity index (χ4n) is 3.12. The molecule has 28 heavy (non-hydrogen) atoms. The number of ether oxygens (including phenoxy) is 1. The molecule has 1 atom stereocenters. The van der Waals surface area contributed by atoms with Gasteiger partial charge in [-0.15, -0.1) is 12.4 Å². The van der Waals surface area contributed by atoms with E-state index in [-0.39, 0.29) is 49.3 Å². The molecule has 0 saturated carbocycles. The van der Waals surface area contributed by atoms with Crippen molar-refractivity contribution in [2.24, 2.45) is 5.73 Å². The number of carbonyl (C=O) groups is 2. The fourth-order valence-corrected chi connectivity index (χ4v) is 3.12. The van der Waals surface area contributed by atoms with Crippen LogP contribution in [0, 0.1) is 5.41 Å². The summed E-state index contributed by atoms with van der Waals surface area (Å²) in [5, 5.41) is 10.3. The van der Waals surface area contributed by atoms with E-state index in [9.17, 15) is 9.59 Å². The van der Waals surface area contributed by atoms with Gasteiger partial charge in [0.2, 0.25) is 0 Å². The first-order valence-electron chi connectivity index (χ1n) is 8.52. The van der Waals surface area contributed by atoms with Gasteiger partial charge >= 0.3 is 12.0 Å². The molecule has 1 aliphatic heterocycles. The third-order valence-corrected chi connectivity index (χ3v) is 4.54. The van der Waals surface area contributed by atoms with Gasteiger partial charge in [-0.3, -0.25) is 15.2 Å². The van der Waals surface area contributed by atoms with E-state index >= 15 is 0 Å². The Morgan fingerprint density at radius 2 is 2.11 bits per heavy atom. The first-order chi connectivity index (χ1) is 13.0. The molecule has 0 bridgehead atoms. The zero-order valence-corrected chi connectivity index (χ0v) is 16.2. The van der Waals surface area contributed by atoms with E-state index in [1.807, 2.05) is 24.3 Å². The minimum Gasteiger partial charge on any atom is -0.469 e. The Labute approximate surface area is 169 Å². The molecule has 0 radical (unpaired) electrons. The minimum atomic E-state index is -0.358. The van der Waals surface area contributed by atoms with Crippen molar-refractivity contribution >= 4 is 30.2 Å². The number of rotatable bonds is 6. The number of amides is 2. The maximum Gasteiger partial charge on any atom is 0.318 e. The summed E-state index contributed by atoms with van der Waals surface area (Å²) < 4.78 is 4.67. The van der Waals surface area contributed by atoms with Crippen LogP contribution in [0.5, 0.6) is 0 Å². The molecule has 1 fully saturated rings. The van der Waals surface area contributed by atoms with Crippen LogP contribution in [0.15, 0.2) is 42.6 Å². The maximum absolute atomic E-state index is 12.2.